The fraction of sp³-hybridized carbons (Fsp3) is 0. The standard InChI is InChI=1S/C3H6N4/c1-3-6-7(4)5-2/h1-2,4H2. The Labute approximate surface area is 41.6 Å². The first kappa shape index (κ1) is 5.88. The maximum Gasteiger partial charge on any atom is 0.0145 e. The lowest BCUT2D eigenvalue weighted by molar-refractivity contribution is 0.323. The maximum absolute atomic E-state index is 4.92. The van der Waals surface area contributed by atoms with Crippen LogP contribution >= 0.6 is 0 Å². The number of hydrogen-bond acceptors (Lipinski definition) is 4. The minimum atomic E-state index is 0.771. The van der Waals surface area contributed by atoms with Crippen molar-refractivity contribution in [3.05, 3.63) is 6.58 Å². The minimum absolute atomic E-state index is 0.771. The van der Waals surface area contributed by atoms with Crippen LogP contribution in [0, 0.1) is 0 Å². The molecule has 2 N–H and O–H groups in total. The Hall–Kier alpha value is -1.12. The van der Waals surface area contributed by atoms with Gasteiger partial charge in [0, 0.05) is 12.6 Å². The zero-order valence-electron chi connectivity index (χ0n) is 3.83. The average Bonchev–Trinajstić information content (AvgIpc) is 1.68. The van der Waals surface area contributed by atoms with Crippen LogP contribution < -0.4 is 5.84 Å². The molecule has 0 spiro atoms. The Morgan fingerprint density at radius 2 is 2.29 bits per heavy atom. The number of hydrazine groups is 1. The van der Waals surface area contributed by atoms with Gasteiger partial charge in [0.15, 0.2) is 0 Å². The second kappa shape index (κ2) is 3.08. The van der Waals surface area contributed by atoms with Crippen LogP contribution in [0.15, 0.2) is 16.8 Å². The zero-order chi connectivity index (χ0) is 5.70. The Bertz CT molecular complexity index is 102. The first-order chi connectivity index (χ1) is 3.31. The first-order valence-electron chi connectivity index (χ1n) is 1.55. The van der Waals surface area contributed by atoms with Crippen LogP contribution in [0.1, 0.15) is 0 Å². The molecule has 4 heteroatoms. The summed E-state index contributed by atoms with van der Waals surface area (Å²) < 4.78 is 0. The quantitative estimate of drug-likeness (QED) is 0.289. The van der Waals surface area contributed by atoms with E-state index in [4.69, 9.17) is 5.84 Å². The lowest BCUT2D eigenvalue weighted by Crippen LogP contribution is -2.16. The number of nitrogens with zero attached hydrogens (tertiary/aromatic N) is 3. The molecule has 0 aliphatic heterocycles. The van der Waals surface area contributed by atoms with Gasteiger partial charge in [-0.05, 0) is 6.58 Å². The van der Waals surface area contributed by atoms with E-state index in [1.165, 1.54) is 0 Å². The highest BCUT2D eigenvalue weighted by Crippen LogP contribution is 1.69. The average molecular weight is 98.1 g/mol. The third-order valence-electron chi connectivity index (χ3n) is 0.318. The van der Waals surface area contributed by atoms with E-state index in [0.29, 0.717) is 0 Å². The summed E-state index contributed by atoms with van der Waals surface area (Å²) >= 11 is 0. The predicted molar refractivity (Wildman–Crippen MR) is 28.6 cm³/mol. The molecule has 0 atom stereocenters. The van der Waals surface area contributed by atoms with Crippen molar-refractivity contribution in [1.29, 1.82) is 0 Å². The Morgan fingerprint density at radius 3 is 2.43 bits per heavy atom. The molecule has 0 amide bonds. The zero-order valence-corrected chi connectivity index (χ0v) is 3.83. The van der Waals surface area contributed by atoms with Crippen LogP contribution in [0.2, 0.25) is 0 Å². The van der Waals surface area contributed by atoms with Crippen molar-refractivity contribution >= 4 is 12.6 Å². The smallest absolute Gasteiger partial charge is 0.0145 e. The molecule has 0 aliphatic carbocycles. The molecule has 7 heavy (non-hydrogen) atoms. The summed E-state index contributed by atoms with van der Waals surface area (Å²) in [6.45, 7) is 6.22. The second-order valence-corrected chi connectivity index (χ2v) is 0.720. The highest BCUT2D eigenvalue weighted by Gasteiger charge is 1.73. The second-order valence-electron chi connectivity index (χ2n) is 0.720. The number of hydrogen-bond donors (Lipinski definition) is 1. The van der Waals surface area contributed by atoms with Crippen LogP contribution in [-0.4, -0.2) is 17.8 Å². The molecule has 0 heterocycles. The van der Waals surface area contributed by atoms with Crippen molar-refractivity contribution in [2.24, 2.45) is 16.0 Å². The molecule has 0 aliphatic rings. The van der Waals surface area contributed by atoms with Gasteiger partial charge in [0.1, 0.15) is 0 Å². The SMILES string of the molecule is C=C=NN(N)N=C. The summed E-state index contributed by atoms with van der Waals surface area (Å²) in [6.07, 6.45) is 0. The Morgan fingerprint density at radius 1 is 1.71 bits per heavy atom. The molecular formula is C3H6N4. The number of nitrogens with two attached hydrogens (primary N) is 1. The van der Waals surface area contributed by atoms with Gasteiger partial charge in [-0.25, -0.2) is 5.84 Å². The molecule has 4 nitrogen and oxygen atoms in total. The molecule has 0 unspecified atom stereocenters. The largest absolute Gasteiger partial charge is 0.208 e. The third kappa shape index (κ3) is 2.69. The number of rotatable bonds is 2. The van der Waals surface area contributed by atoms with E-state index >= 15 is 0 Å². The Kier molecular flexibility index (Phi) is 2.59. The van der Waals surface area contributed by atoms with Crippen molar-refractivity contribution < 1.29 is 0 Å². The lowest BCUT2D eigenvalue weighted by atomic mass is 11.2. The summed E-state index contributed by atoms with van der Waals surface area (Å²) in [6, 6.07) is 0. The monoisotopic (exact) mass is 98.1 g/mol. The molecule has 38 valence electrons. The van der Waals surface area contributed by atoms with E-state index in [1.54, 1.807) is 0 Å². The summed E-state index contributed by atoms with van der Waals surface area (Å²) in [5.74, 6) is 7.08. The van der Waals surface area contributed by atoms with Crippen molar-refractivity contribution in [3.63, 3.8) is 0 Å². The Balaban J connectivity index is 3.56. The summed E-state index contributed by atoms with van der Waals surface area (Å²) in [7, 11) is 0. The fourth-order valence-corrected chi connectivity index (χ4v) is 0.104. The normalized spacial score (nSPS) is 6.43. The molecule has 0 fully saturated rings. The van der Waals surface area contributed by atoms with Crippen LogP contribution in [0.3, 0.4) is 0 Å². The van der Waals surface area contributed by atoms with Crippen molar-refractivity contribution in [2.45, 2.75) is 0 Å². The van der Waals surface area contributed by atoms with Crippen molar-refractivity contribution in [2.75, 3.05) is 0 Å². The van der Waals surface area contributed by atoms with Gasteiger partial charge in [-0.1, -0.05) is 5.10 Å². The van der Waals surface area contributed by atoms with Crippen LogP contribution in [0.25, 0.3) is 0 Å². The molecule has 0 bridgehead atoms. The van der Waals surface area contributed by atoms with Gasteiger partial charge in [0.2, 0.25) is 0 Å². The van der Waals surface area contributed by atoms with Gasteiger partial charge in [0.25, 0.3) is 0 Å². The van der Waals surface area contributed by atoms with E-state index in [-0.39, 0.29) is 0 Å². The van der Waals surface area contributed by atoms with Crippen molar-refractivity contribution in [3.8, 4) is 0 Å². The molecule has 0 saturated heterocycles. The maximum atomic E-state index is 4.92. The molecular weight excluding hydrogens is 92.1 g/mol. The van der Waals surface area contributed by atoms with E-state index in [0.717, 1.165) is 5.23 Å². The lowest BCUT2D eigenvalue weighted by Gasteiger charge is -1.96. The number of hydrazone groups is 2. The van der Waals surface area contributed by atoms with Gasteiger partial charge in [0.05, 0.1) is 0 Å². The molecule has 0 aromatic carbocycles. The summed E-state index contributed by atoms with van der Waals surface area (Å²) in [5.41, 5.74) is 0. The van der Waals surface area contributed by atoms with Crippen LogP contribution in [-0.2, 0) is 0 Å². The fourth-order valence-electron chi connectivity index (χ4n) is 0.104. The van der Waals surface area contributed by atoms with E-state index in [2.05, 4.69) is 29.4 Å². The highest BCUT2D eigenvalue weighted by molar-refractivity contribution is 5.45. The predicted octanol–water partition coefficient (Wildman–Crippen LogP) is -0.452. The van der Waals surface area contributed by atoms with Gasteiger partial charge < -0.3 is 0 Å². The van der Waals surface area contributed by atoms with Gasteiger partial charge in [-0.15, -0.1) is 5.23 Å². The van der Waals surface area contributed by atoms with E-state index < -0.39 is 0 Å². The van der Waals surface area contributed by atoms with Crippen LogP contribution in [0.4, 0.5) is 0 Å². The van der Waals surface area contributed by atoms with E-state index in [1.807, 2.05) is 0 Å². The minimum Gasteiger partial charge on any atom is -0.208 e. The summed E-state index contributed by atoms with van der Waals surface area (Å²) in [4.78, 5) is 0. The van der Waals surface area contributed by atoms with Crippen LogP contribution in [0.5, 0.6) is 0 Å². The molecule has 0 rings (SSSR count). The first-order valence-corrected chi connectivity index (χ1v) is 1.55. The summed E-state index contributed by atoms with van der Waals surface area (Å²) in [5, 5.41) is 7.20. The van der Waals surface area contributed by atoms with Gasteiger partial charge >= 0.3 is 0 Å². The van der Waals surface area contributed by atoms with Gasteiger partial charge in [-0.3, -0.25) is 0 Å². The van der Waals surface area contributed by atoms with Crippen molar-refractivity contribution in [1.82, 2.24) is 5.23 Å². The molecule has 0 radical (unpaired) electrons. The molecule has 0 saturated carbocycles. The molecule has 0 aromatic rings. The van der Waals surface area contributed by atoms with E-state index in [9.17, 15) is 0 Å². The topological polar surface area (TPSA) is 54.0 Å². The third-order valence-corrected chi connectivity index (χ3v) is 0.318. The highest BCUT2D eigenvalue weighted by atomic mass is 15.8. The molecule has 0 aromatic heterocycles. The van der Waals surface area contributed by atoms with Gasteiger partial charge in [-0.2, -0.15) is 5.10 Å².